The van der Waals surface area contributed by atoms with Gasteiger partial charge in [-0.15, -0.1) is 11.8 Å². The summed E-state index contributed by atoms with van der Waals surface area (Å²) >= 11 is 7.48. The summed E-state index contributed by atoms with van der Waals surface area (Å²) in [6.07, 6.45) is 1.23. The SMILES string of the molecule is N=C(/N=C\N(O)Cc1ccc(Cl)cc1)N1CC(Sc2ccc(F)cc2)C1. The number of guanidine groups is 1. The number of nitrogens with zero attached hydrogens (tertiary/aromatic N) is 3. The standard InChI is InChI=1S/C18H18ClFN4OS/c19-14-3-1-13(2-4-14)9-24(25)12-22-18(21)23-10-17(11-23)26-16-7-5-15(20)6-8-16/h1-8,12,17,21,25H,9-11H2/b21-18?,22-12-. The molecule has 0 amide bonds. The van der Waals surface area contributed by atoms with Crippen LogP contribution in [0.25, 0.3) is 0 Å². The van der Waals surface area contributed by atoms with Gasteiger partial charge in [0.15, 0.2) is 0 Å². The minimum Gasteiger partial charge on any atom is -0.339 e. The molecule has 0 unspecified atom stereocenters. The topological polar surface area (TPSA) is 62.9 Å². The van der Waals surface area contributed by atoms with E-state index in [1.165, 1.54) is 18.5 Å². The molecule has 0 atom stereocenters. The van der Waals surface area contributed by atoms with Gasteiger partial charge in [0.25, 0.3) is 0 Å². The van der Waals surface area contributed by atoms with Gasteiger partial charge in [-0.25, -0.2) is 14.4 Å². The highest BCUT2D eigenvalue weighted by Gasteiger charge is 2.29. The van der Waals surface area contributed by atoms with Gasteiger partial charge >= 0.3 is 0 Å². The van der Waals surface area contributed by atoms with Crippen LogP contribution in [0.15, 0.2) is 58.4 Å². The second-order valence-electron chi connectivity index (χ2n) is 5.89. The average Bonchev–Trinajstić information content (AvgIpc) is 2.59. The van der Waals surface area contributed by atoms with E-state index in [9.17, 15) is 9.60 Å². The fourth-order valence-electron chi connectivity index (χ4n) is 2.41. The molecule has 0 bridgehead atoms. The highest BCUT2D eigenvalue weighted by molar-refractivity contribution is 8.00. The van der Waals surface area contributed by atoms with Gasteiger partial charge in [-0.2, -0.15) is 0 Å². The monoisotopic (exact) mass is 392 g/mol. The minimum absolute atomic E-state index is 0.108. The first-order chi connectivity index (χ1) is 12.5. The molecule has 0 saturated carbocycles. The van der Waals surface area contributed by atoms with Crippen molar-refractivity contribution in [2.75, 3.05) is 13.1 Å². The third kappa shape index (κ3) is 5.20. The van der Waals surface area contributed by atoms with Crippen LogP contribution < -0.4 is 0 Å². The molecule has 0 spiro atoms. The summed E-state index contributed by atoms with van der Waals surface area (Å²) < 4.78 is 12.9. The molecule has 1 aliphatic rings. The van der Waals surface area contributed by atoms with E-state index >= 15 is 0 Å². The van der Waals surface area contributed by atoms with Crippen molar-refractivity contribution in [3.63, 3.8) is 0 Å². The Morgan fingerprint density at radius 3 is 2.58 bits per heavy atom. The Morgan fingerprint density at radius 1 is 1.27 bits per heavy atom. The lowest BCUT2D eigenvalue weighted by atomic mass is 10.2. The van der Waals surface area contributed by atoms with Crippen LogP contribution in [-0.4, -0.2) is 45.8 Å². The number of benzene rings is 2. The number of hydroxylamine groups is 2. The molecule has 2 N–H and O–H groups in total. The molecule has 3 rings (SSSR count). The molecule has 1 aliphatic heterocycles. The number of hydrogen-bond acceptors (Lipinski definition) is 3. The van der Waals surface area contributed by atoms with Gasteiger partial charge in [0, 0.05) is 28.3 Å². The summed E-state index contributed by atoms with van der Waals surface area (Å²) in [4.78, 5) is 6.81. The van der Waals surface area contributed by atoms with Gasteiger partial charge < -0.3 is 4.90 Å². The lowest BCUT2D eigenvalue weighted by molar-refractivity contribution is -0.0164. The average molecular weight is 393 g/mol. The number of likely N-dealkylation sites (tertiary alicyclic amines) is 1. The van der Waals surface area contributed by atoms with Gasteiger partial charge in [0.1, 0.15) is 12.2 Å². The molecule has 8 heteroatoms. The molecule has 0 aliphatic carbocycles. The van der Waals surface area contributed by atoms with Crippen molar-refractivity contribution in [1.29, 1.82) is 5.41 Å². The van der Waals surface area contributed by atoms with Crippen LogP contribution in [0.3, 0.4) is 0 Å². The molecular weight excluding hydrogens is 375 g/mol. The summed E-state index contributed by atoms with van der Waals surface area (Å²) in [7, 11) is 0. The van der Waals surface area contributed by atoms with Crippen molar-refractivity contribution < 1.29 is 9.60 Å². The van der Waals surface area contributed by atoms with Crippen molar-refractivity contribution in [2.45, 2.75) is 16.7 Å². The third-order valence-electron chi connectivity index (χ3n) is 3.84. The first-order valence-corrected chi connectivity index (χ1v) is 9.25. The summed E-state index contributed by atoms with van der Waals surface area (Å²) in [6, 6.07) is 13.5. The molecule has 136 valence electrons. The second-order valence-corrected chi connectivity index (χ2v) is 7.70. The van der Waals surface area contributed by atoms with E-state index < -0.39 is 0 Å². The van der Waals surface area contributed by atoms with Crippen LogP contribution in [0.5, 0.6) is 0 Å². The Bertz CT molecular complexity index is 779. The van der Waals surface area contributed by atoms with Crippen LogP contribution in [0.2, 0.25) is 5.02 Å². The lowest BCUT2D eigenvalue weighted by Crippen LogP contribution is -2.51. The van der Waals surface area contributed by atoms with Crippen LogP contribution in [0.4, 0.5) is 4.39 Å². The van der Waals surface area contributed by atoms with Crippen LogP contribution in [0, 0.1) is 11.2 Å². The first-order valence-electron chi connectivity index (χ1n) is 7.99. The largest absolute Gasteiger partial charge is 0.339 e. The third-order valence-corrected chi connectivity index (χ3v) is 5.26. The molecule has 2 aromatic rings. The second kappa shape index (κ2) is 8.53. The van der Waals surface area contributed by atoms with Gasteiger partial charge in [0.2, 0.25) is 5.96 Å². The zero-order valence-corrected chi connectivity index (χ0v) is 15.4. The van der Waals surface area contributed by atoms with Gasteiger partial charge in [0.05, 0.1) is 6.54 Å². The van der Waals surface area contributed by atoms with E-state index in [1.807, 2.05) is 17.0 Å². The molecule has 2 aromatic carbocycles. The van der Waals surface area contributed by atoms with Crippen LogP contribution >= 0.6 is 23.4 Å². The summed E-state index contributed by atoms with van der Waals surface area (Å²) in [5, 5.41) is 19.7. The number of thioether (sulfide) groups is 1. The zero-order chi connectivity index (χ0) is 18.5. The molecule has 0 radical (unpaired) electrons. The van der Waals surface area contributed by atoms with Crippen molar-refractivity contribution in [3.05, 3.63) is 64.9 Å². The molecule has 1 fully saturated rings. The molecule has 5 nitrogen and oxygen atoms in total. The van der Waals surface area contributed by atoms with Crippen LogP contribution in [-0.2, 0) is 6.54 Å². The highest BCUT2D eigenvalue weighted by Crippen LogP contribution is 2.29. The Labute approximate surface area is 160 Å². The lowest BCUT2D eigenvalue weighted by Gasteiger charge is -2.38. The maximum absolute atomic E-state index is 12.9. The van der Waals surface area contributed by atoms with E-state index in [1.54, 1.807) is 36.0 Å². The van der Waals surface area contributed by atoms with Gasteiger partial charge in [-0.3, -0.25) is 10.6 Å². The van der Waals surface area contributed by atoms with E-state index in [-0.39, 0.29) is 18.3 Å². The smallest absolute Gasteiger partial charge is 0.219 e. The van der Waals surface area contributed by atoms with E-state index in [2.05, 4.69) is 4.99 Å². The number of hydrogen-bond donors (Lipinski definition) is 2. The number of aliphatic imine (C=N–C) groups is 1. The van der Waals surface area contributed by atoms with Crippen molar-refractivity contribution >= 4 is 35.7 Å². The molecule has 1 saturated heterocycles. The van der Waals surface area contributed by atoms with Crippen molar-refractivity contribution in [3.8, 4) is 0 Å². The van der Waals surface area contributed by atoms with Crippen molar-refractivity contribution in [1.82, 2.24) is 9.96 Å². The quantitative estimate of drug-likeness (QED) is 0.456. The Kier molecular flexibility index (Phi) is 6.13. The maximum atomic E-state index is 12.9. The molecule has 26 heavy (non-hydrogen) atoms. The fourth-order valence-corrected chi connectivity index (χ4v) is 3.72. The van der Waals surface area contributed by atoms with Crippen LogP contribution in [0.1, 0.15) is 5.56 Å². The van der Waals surface area contributed by atoms with E-state index in [0.29, 0.717) is 23.4 Å². The normalized spacial score (nSPS) is 14.5. The van der Waals surface area contributed by atoms with E-state index in [4.69, 9.17) is 17.0 Å². The maximum Gasteiger partial charge on any atom is 0.219 e. The molecular formula is C18H18ClFN4OS. The Morgan fingerprint density at radius 2 is 1.92 bits per heavy atom. The fraction of sp³-hybridized carbons (Fsp3) is 0.222. The Balaban J connectivity index is 1.42. The number of rotatable bonds is 5. The minimum atomic E-state index is -0.243. The van der Waals surface area contributed by atoms with Crippen molar-refractivity contribution in [2.24, 2.45) is 4.99 Å². The number of nitrogens with one attached hydrogen (secondary N) is 1. The predicted octanol–water partition coefficient (Wildman–Crippen LogP) is 4.11. The summed E-state index contributed by atoms with van der Waals surface area (Å²) in [5.74, 6) is -0.135. The van der Waals surface area contributed by atoms with Gasteiger partial charge in [-0.05, 0) is 42.0 Å². The predicted molar refractivity (Wildman–Crippen MR) is 103 cm³/mol. The summed E-state index contributed by atoms with van der Waals surface area (Å²) in [5.41, 5.74) is 0.884. The number of halogens is 2. The Hall–Kier alpha value is -2.09. The molecule has 0 aromatic heterocycles. The zero-order valence-electron chi connectivity index (χ0n) is 13.8. The highest BCUT2D eigenvalue weighted by atomic mass is 35.5. The van der Waals surface area contributed by atoms with E-state index in [0.717, 1.165) is 15.5 Å². The first kappa shape index (κ1) is 18.7. The summed E-state index contributed by atoms with van der Waals surface area (Å²) in [6.45, 7) is 1.65. The molecule has 1 heterocycles. The van der Waals surface area contributed by atoms with Gasteiger partial charge in [-0.1, -0.05) is 23.7 Å².